The van der Waals surface area contributed by atoms with E-state index in [1.54, 1.807) is 0 Å². The second-order valence-corrected chi connectivity index (χ2v) is 2.09. The predicted octanol–water partition coefficient (Wildman–Crippen LogP) is 1.51. The van der Waals surface area contributed by atoms with Crippen molar-refractivity contribution in [3.05, 3.63) is 29.6 Å². The van der Waals surface area contributed by atoms with Gasteiger partial charge in [0.1, 0.15) is 0 Å². The van der Waals surface area contributed by atoms with Gasteiger partial charge in [-0.2, -0.15) is 0 Å². The number of halogens is 2. The number of aliphatic hydroxyl groups excluding tert-OH is 1. The molecule has 0 radical (unpaired) electrons. The Morgan fingerprint density at radius 1 is 1.45 bits per heavy atom. The topological polar surface area (TPSA) is 33.1 Å². The first kappa shape index (κ1) is 8.07. The maximum absolute atomic E-state index is 12.0. The van der Waals surface area contributed by atoms with Crippen molar-refractivity contribution in [2.24, 2.45) is 0 Å². The Balaban J connectivity index is 2.91. The van der Waals surface area contributed by atoms with E-state index in [2.05, 4.69) is 4.98 Å². The summed E-state index contributed by atoms with van der Waals surface area (Å²) in [5, 5.41) is 8.56. The number of rotatable bonds is 2. The second-order valence-electron chi connectivity index (χ2n) is 2.09. The fraction of sp³-hybridized carbons (Fsp3) is 0.286. The lowest BCUT2D eigenvalue weighted by molar-refractivity contribution is 0.150. The smallest absolute Gasteiger partial charge is 0.265 e. The van der Waals surface area contributed by atoms with Crippen molar-refractivity contribution in [3.8, 4) is 0 Å². The molecular formula is C7H7F2NO. The molecule has 0 amide bonds. The first-order chi connectivity index (χ1) is 5.24. The van der Waals surface area contributed by atoms with Crippen molar-refractivity contribution in [2.45, 2.75) is 13.0 Å². The van der Waals surface area contributed by atoms with E-state index in [0.717, 1.165) is 6.20 Å². The minimum atomic E-state index is -2.52. The highest BCUT2D eigenvalue weighted by Crippen LogP contribution is 2.17. The summed E-state index contributed by atoms with van der Waals surface area (Å²) in [6.07, 6.45) is -0.0793. The van der Waals surface area contributed by atoms with Gasteiger partial charge in [0.15, 0.2) is 0 Å². The van der Waals surface area contributed by atoms with E-state index in [1.807, 2.05) is 0 Å². The van der Waals surface area contributed by atoms with Crippen molar-refractivity contribution in [1.29, 1.82) is 0 Å². The van der Waals surface area contributed by atoms with Crippen LogP contribution < -0.4 is 0 Å². The maximum Gasteiger partial charge on any atom is 0.265 e. The molecule has 0 atom stereocenters. The molecule has 1 aromatic heterocycles. The van der Waals surface area contributed by atoms with E-state index < -0.39 is 6.43 Å². The Labute approximate surface area is 62.5 Å². The Hall–Kier alpha value is -1.03. The van der Waals surface area contributed by atoms with Crippen LogP contribution in [-0.2, 0) is 6.61 Å². The number of aliphatic hydroxyl groups is 1. The maximum atomic E-state index is 12.0. The summed E-state index contributed by atoms with van der Waals surface area (Å²) in [6.45, 7) is -0.256. The monoisotopic (exact) mass is 159 g/mol. The second kappa shape index (κ2) is 3.39. The zero-order valence-corrected chi connectivity index (χ0v) is 5.67. The quantitative estimate of drug-likeness (QED) is 0.709. The molecule has 0 aliphatic rings. The van der Waals surface area contributed by atoms with Gasteiger partial charge in [-0.1, -0.05) is 0 Å². The summed E-state index contributed by atoms with van der Waals surface area (Å²) in [4.78, 5) is 3.54. The zero-order valence-electron chi connectivity index (χ0n) is 5.67. The van der Waals surface area contributed by atoms with Crippen LogP contribution >= 0.6 is 0 Å². The summed E-state index contributed by atoms with van der Waals surface area (Å²) in [7, 11) is 0. The van der Waals surface area contributed by atoms with Crippen LogP contribution in [0.5, 0.6) is 0 Å². The van der Waals surface area contributed by atoms with E-state index in [4.69, 9.17) is 5.11 Å². The van der Waals surface area contributed by atoms with Gasteiger partial charge in [-0.3, -0.25) is 4.98 Å². The van der Waals surface area contributed by atoms with Gasteiger partial charge in [-0.05, 0) is 11.6 Å². The fourth-order valence-corrected chi connectivity index (χ4v) is 0.713. The van der Waals surface area contributed by atoms with Crippen LogP contribution in [0.2, 0.25) is 0 Å². The van der Waals surface area contributed by atoms with E-state index in [-0.39, 0.29) is 12.2 Å². The molecule has 1 heterocycles. The molecule has 60 valence electrons. The summed E-state index contributed by atoms with van der Waals surface area (Å²) in [5.74, 6) is 0. The number of hydrogen-bond acceptors (Lipinski definition) is 2. The van der Waals surface area contributed by atoms with Crippen LogP contribution in [0, 0.1) is 0 Å². The van der Waals surface area contributed by atoms with E-state index in [9.17, 15) is 8.78 Å². The Morgan fingerprint density at radius 3 is 2.73 bits per heavy atom. The van der Waals surface area contributed by atoms with Crippen molar-refractivity contribution < 1.29 is 13.9 Å². The molecule has 0 aliphatic carbocycles. The van der Waals surface area contributed by atoms with Crippen molar-refractivity contribution in [2.75, 3.05) is 0 Å². The summed E-state index contributed by atoms with van der Waals surface area (Å²) in [5.41, 5.74) is 0.249. The SMILES string of the molecule is OCc1cncc(C(F)F)c1. The largest absolute Gasteiger partial charge is 0.392 e. The normalized spacial score (nSPS) is 10.5. The third-order valence-corrected chi connectivity index (χ3v) is 1.25. The highest BCUT2D eigenvalue weighted by atomic mass is 19.3. The van der Waals surface area contributed by atoms with Crippen LogP contribution in [-0.4, -0.2) is 10.1 Å². The third kappa shape index (κ3) is 1.94. The molecule has 0 fully saturated rings. The van der Waals surface area contributed by atoms with Gasteiger partial charge in [0.25, 0.3) is 6.43 Å². The average Bonchev–Trinajstić information content (AvgIpc) is 2.05. The van der Waals surface area contributed by atoms with E-state index in [1.165, 1.54) is 12.3 Å². The average molecular weight is 159 g/mol. The summed E-state index contributed by atoms with van der Waals surface area (Å²) >= 11 is 0. The van der Waals surface area contributed by atoms with Crippen LogP contribution in [0.15, 0.2) is 18.5 Å². The molecule has 1 aromatic rings. The van der Waals surface area contributed by atoms with Crippen molar-refractivity contribution in [1.82, 2.24) is 4.98 Å². The highest BCUT2D eigenvalue weighted by Gasteiger charge is 2.06. The van der Waals surface area contributed by atoms with E-state index >= 15 is 0 Å². The minimum Gasteiger partial charge on any atom is -0.392 e. The van der Waals surface area contributed by atoms with Gasteiger partial charge in [-0.15, -0.1) is 0 Å². The lowest BCUT2D eigenvalue weighted by Gasteiger charge is -1.99. The van der Waals surface area contributed by atoms with Crippen LogP contribution in [0.4, 0.5) is 8.78 Å². The van der Waals surface area contributed by atoms with Gasteiger partial charge in [0.2, 0.25) is 0 Å². The standard InChI is InChI=1S/C7H7F2NO/c8-7(9)6-1-5(4-11)2-10-3-6/h1-3,7,11H,4H2. The van der Waals surface area contributed by atoms with Crippen LogP contribution in [0.1, 0.15) is 17.6 Å². The van der Waals surface area contributed by atoms with Gasteiger partial charge in [0.05, 0.1) is 6.61 Å². The number of alkyl halides is 2. The van der Waals surface area contributed by atoms with Crippen LogP contribution in [0.3, 0.4) is 0 Å². The molecule has 0 saturated carbocycles. The lowest BCUT2D eigenvalue weighted by Crippen LogP contribution is -1.90. The van der Waals surface area contributed by atoms with Crippen molar-refractivity contribution in [3.63, 3.8) is 0 Å². The molecule has 1 rings (SSSR count). The van der Waals surface area contributed by atoms with Gasteiger partial charge in [0, 0.05) is 18.0 Å². The predicted molar refractivity (Wildman–Crippen MR) is 35.1 cm³/mol. The molecule has 0 aromatic carbocycles. The first-order valence-corrected chi connectivity index (χ1v) is 3.07. The van der Waals surface area contributed by atoms with Crippen molar-refractivity contribution >= 4 is 0 Å². The fourth-order valence-electron chi connectivity index (χ4n) is 0.713. The molecule has 4 heteroatoms. The Morgan fingerprint density at radius 2 is 2.18 bits per heavy atom. The van der Waals surface area contributed by atoms with Gasteiger partial charge in [-0.25, -0.2) is 8.78 Å². The number of aromatic nitrogens is 1. The molecule has 0 spiro atoms. The molecule has 11 heavy (non-hydrogen) atoms. The highest BCUT2D eigenvalue weighted by molar-refractivity contribution is 5.18. The molecule has 0 saturated heterocycles. The van der Waals surface area contributed by atoms with E-state index in [0.29, 0.717) is 5.56 Å². The molecule has 2 nitrogen and oxygen atoms in total. The molecule has 0 bridgehead atoms. The van der Waals surface area contributed by atoms with Crippen LogP contribution in [0.25, 0.3) is 0 Å². The summed E-state index contributed by atoms with van der Waals surface area (Å²) in [6, 6.07) is 1.23. The van der Waals surface area contributed by atoms with Gasteiger partial charge < -0.3 is 5.11 Å². The molecular weight excluding hydrogens is 152 g/mol. The number of hydrogen-bond donors (Lipinski definition) is 1. The molecule has 1 N–H and O–H groups in total. The first-order valence-electron chi connectivity index (χ1n) is 3.07. The lowest BCUT2D eigenvalue weighted by atomic mass is 10.2. The molecule has 0 unspecified atom stereocenters. The Kier molecular flexibility index (Phi) is 2.48. The number of nitrogens with zero attached hydrogens (tertiary/aromatic N) is 1. The molecule has 0 aliphatic heterocycles. The third-order valence-electron chi connectivity index (χ3n) is 1.25. The zero-order chi connectivity index (χ0) is 8.27. The minimum absolute atomic E-state index is 0.156. The summed E-state index contributed by atoms with van der Waals surface area (Å²) < 4.78 is 23.9. The number of pyridine rings is 1. The van der Waals surface area contributed by atoms with Gasteiger partial charge >= 0.3 is 0 Å². The Bertz CT molecular complexity index is 240.